The Morgan fingerprint density at radius 2 is 2.22 bits per heavy atom. The Balaban J connectivity index is 0.00000289. The molecule has 0 spiro atoms. The van der Waals surface area contributed by atoms with Crippen molar-refractivity contribution in [1.82, 2.24) is 9.72 Å². The Labute approximate surface area is 110 Å². The van der Waals surface area contributed by atoms with Gasteiger partial charge in [-0.25, -0.2) is 4.79 Å². The van der Waals surface area contributed by atoms with Crippen LogP contribution in [0.15, 0.2) is 21.5 Å². The van der Waals surface area contributed by atoms with Crippen LogP contribution in [0, 0.1) is 6.92 Å². The molecule has 102 valence electrons. The Morgan fingerprint density at radius 3 is 2.67 bits per heavy atom. The van der Waals surface area contributed by atoms with Crippen LogP contribution in [0.3, 0.4) is 0 Å². The molecule has 1 aromatic rings. The predicted molar refractivity (Wildman–Crippen MR) is 66.7 cm³/mol. The topological polar surface area (TPSA) is 111 Å². The van der Waals surface area contributed by atoms with Gasteiger partial charge in [0.15, 0.2) is 5.82 Å². The van der Waals surface area contributed by atoms with Crippen LogP contribution >= 0.6 is 12.4 Å². The van der Waals surface area contributed by atoms with Crippen molar-refractivity contribution < 1.29 is 14.4 Å². The second-order valence-electron chi connectivity index (χ2n) is 4.00. The molecular formula is C10H16ClN3O4. The van der Waals surface area contributed by atoms with Gasteiger partial charge in [0.1, 0.15) is 5.54 Å². The lowest BCUT2D eigenvalue weighted by Gasteiger charge is -2.16. The highest BCUT2D eigenvalue weighted by molar-refractivity contribution is 5.85. The summed E-state index contributed by atoms with van der Waals surface area (Å²) < 4.78 is 5.76. The summed E-state index contributed by atoms with van der Waals surface area (Å²) in [6.45, 7) is 3.35. The molecule has 0 aliphatic rings. The van der Waals surface area contributed by atoms with Crippen molar-refractivity contribution in [3.05, 3.63) is 28.5 Å². The fourth-order valence-corrected chi connectivity index (χ4v) is 1.14. The van der Waals surface area contributed by atoms with Crippen LogP contribution < -0.4 is 11.5 Å². The maximum atomic E-state index is 11.1. The van der Waals surface area contributed by atoms with E-state index in [0.717, 1.165) is 0 Å². The monoisotopic (exact) mass is 277 g/mol. The third kappa shape index (κ3) is 4.01. The first-order chi connectivity index (χ1) is 7.84. The second kappa shape index (κ2) is 6.36. The molecule has 0 fully saturated rings. The Hall–Kier alpha value is -1.60. The number of rotatable bonds is 5. The molecule has 18 heavy (non-hydrogen) atoms. The molecule has 1 atom stereocenters. The van der Waals surface area contributed by atoms with Crippen molar-refractivity contribution >= 4 is 18.4 Å². The number of aliphatic carboxylic acids is 1. The molecule has 7 nitrogen and oxygen atoms in total. The number of hydrogen-bond donors (Lipinski definition) is 2. The smallest absolute Gasteiger partial charge is 0.441 e. The molecule has 0 saturated carbocycles. The van der Waals surface area contributed by atoms with Gasteiger partial charge in [-0.2, -0.15) is 0 Å². The molecule has 8 heteroatoms. The number of nitrogens with two attached hydrogens (primary N) is 1. The molecule has 1 aromatic heterocycles. The maximum absolute atomic E-state index is 11.1. The zero-order valence-electron chi connectivity index (χ0n) is 10.1. The summed E-state index contributed by atoms with van der Waals surface area (Å²) >= 11 is 0. The largest absolute Gasteiger partial charge is 0.480 e. The molecule has 0 unspecified atom stereocenters. The van der Waals surface area contributed by atoms with E-state index >= 15 is 0 Å². The molecule has 0 saturated heterocycles. The van der Waals surface area contributed by atoms with Gasteiger partial charge in [-0.3, -0.25) is 13.9 Å². The van der Waals surface area contributed by atoms with Gasteiger partial charge in [-0.05, 0) is 20.3 Å². The minimum Gasteiger partial charge on any atom is -0.480 e. The van der Waals surface area contributed by atoms with Crippen molar-refractivity contribution in [3.8, 4) is 0 Å². The molecule has 3 N–H and O–H groups in total. The molecule has 0 aromatic carbocycles. The second-order valence-corrected chi connectivity index (χ2v) is 4.00. The van der Waals surface area contributed by atoms with E-state index in [-0.39, 0.29) is 25.4 Å². The van der Waals surface area contributed by atoms with Crippen LogP contribution in [-0.4, -0.2) is 26.3 Å². The van der Waals surface area contributed by atoms with Crippen LogP contribution in [0.4, 0.5) is 0 Å². The molecular weight excluding hydrogens is 262 g/mol. The molecule has 1 rings (SSSR count). The van der Waals surface area contributed by atoms with Gasteiger partial charge in [0, 0.05) is 6.54 Å². The lowest BCUT2D eigenvalue weighted by Crippen LogP contribution is -2.44. The van der Waals surface area contributed by atoms with Crippen LogP contribution in [0.5, 0.6) is 0 Å². The fraction of sp³-hybridized carbons (Fsp3) is 0.500. The summed E-state index contributed by atoms with van der Waals surface area (Å²) in [5.41, 5.74) is 4.23. The summed E-state index contributed by atoms with van der Waals surface area (Å²) in [6.07, 6.45) is 3.45. The zero-order valence-corrected chi connectivity index (χ0v) is 10.9. The number of hydrogen-bond acceptors (Lipinski definition) is 5. The highest BCUT2D eigenvalue weighted by Crippen LogP contribution is 2.06. The van der Waals surface area contributed by atoms with Gasteiger partial charge in [0.2, 0.25) is 0 Å². The summed E-state index contributed by atoms with van der Waals surface area (Å²) in [5.74, 6) is -1.14. The van der Waals surface area contributed by atoms with Gasteiger partial charge in [-0.1, -0.05) is 17.3 Å². The van der Waals surface area contributed by atoms with E-state index in [1.807, 2.05) is 0 Å². The predicted octanol–water partition coefficient (Wildman–Crippen LogP) is 0.315. The van der Waals surface area contributed by atoms with Crippen molar-refractivity contribution in [1.29, 1.82) is 0 Å². The third-order valence-electron chi connectivity index (χ3n) is 2.35. The number of halogens is 1. The normalized spacial score (nSPS) is 14.2. The van der Waals surface area contributed by atoms with Gasteiger partial charge < -0.3 is 10.8 Å². The SMILES string of the molecule is Cc1noc(=O)n1CC=CC[C@](C)(N)C(=O)O.Cl. The third-order valence-corrected chi connectivity index (χ3v) is 2.35. The molecule has 1 heterocycles. The van der Waals surface area contributed by atoms with Gasteiger partial charge >= 0.3 is 11.7 Å². The van der Waals surface area contributed by atoms with Crippen molar-refractivity contribution in [2.45, 2.75) is 32.4 Å². The summed E-state index contributed by atoms with van der Waals surface area (Å²) in [5, 5.41) is 12.3. The standard InChI is InChI=1S/C10H15N3O4.ClH/c1-7-12-17-9(16)13(7)6-4-3-5-10(2,11)8(14)15;/h3-4H,5-6,11H2,1-2H3,(H,14,15);1H/t10-;/m0./s1. The summed E-state index contributed by atoms with van der Waals surface area (Å²) in [6, 6.07) is 0. The van der Waals surface area contributed by atoms with Crippen LogP contribution in [0.1, 0.15) is 19.2 Å². The van der Waals surface area contributed by atoms with Gasteiger partial charge in [0.05, 0.1) is 0 Å². The van der Waals surface area contributed by atoms with Crippen molar-refractivity contribution in [2.24, 2.45) is 5.73 Å². The van der Waals surface area contributed by atoms with E-state index in [9.17, 15) is 9.59 Å². The minimum absolute atomic E-state index is 0. The minimum atomic E-state index is -1.30. The fourth-order valence-electron chi connectivity index (χ4n) is 1.14. The Kier molecular flexibility index (Phi) is 5.80. The quantitative estimate of drug-likeness (QED) is 0.750. The first kappa shape index (κ1) is 16.4. The Bertz CT molecular complexity index is 490. The molecule has 0 amide bonds. The summed E-state index contributed by atoms with van der Waals surface area (Å²) in [7, 11) is 0. The molecule has 0 aliphatic carbocycles. The van der Waals surface area contributed by atoms with E-state index in [2.05, 4.69) is 9.68 Å². The number of carboxylic acid groups (broad SMARTS) is 1. The first-order valence-corrected chi connectivity index (χ1v) is 5.05. The number of carboxylic acids is 1. The number of allylic oxidation sites excluding steroid dienone is 1. The number of carbonyl (C=O) groups is 1. The van der Waals surface area contributed by atoms with E-state index in [4.69, 9.17) is 10.8 Å². The zero-order chi connectivity index (χ0) is 13.1. The Morgan fingerprint density at radius 1 is 1.61 bits per heavy atom. The summed E-state index contributed by atoms with van der Waals surface area (Å²) in [4.78, 5) is 21.8. The van der Waals surface area contributed by atoms with Gasteiger partial charge in [-0.15, -0.1) is 12.4 Å². The maximum Gasteiger partial charge on any atom is 0.441 e. The van der Waals surface area contributed by atoms with Crippen LogP contribution in [0.2, 0.25) is 0 Å². The highest BCUT2D eigenvalue weighted by atomic mass is 35.5. The van der Waals surface area contributed by atoms with Gasteiger partial charge in [0.25, 0.3) is 0 Å². The van der Waals surface area contributed by atoms with E-state index in [1.54, 1.807) is 19.1 Å². The average molecular weight is 278 g/mol. The highest BCUT2D eigenvalue weighted by Gasteiger charge is 2.25. The molecule has 0 bridgehead atoms. The average Bonchev–Trinajstić information content (AvgIpc) is 2.54. The lowest BCUT2D eigenvalue weighted by atomic mass is 10.00. The van der Waals surface area contributed by atoms with E-state index < -0.39 is 17.3 Å². The van der Waals surface area contributed by atoms with E-state index in [0.29, 0.717) is 5.82 Å². The first-order valence-electron chi connectivity index (χ1n) is 5.05. The van der Waals surface area contributed by atoms with Crippen LogP contribution in [-0.2, 0) is 11.3 Å². The molecule has 0 radical (unpaired) electrons. The van der Waals surface area contributed by atoms with Crippen molar-refractivity contribution in [2.75, 3.05) is 0 Å². The number of aromatic nitrogens is 2. The van der Waals surface area contributed by atoms with Crippen LogP contribution in [0.25, 0.3) is 0 Å². The lowest BCUT2D eigenvalue weighted by molar-refractivity contribution is -0.142. The molecule has 0 aliphatic heterocycles. The number of nitrogens with zero attached hydrogens (tertiary/aromatic N) is 2. The van der Waals surface area contributed by atoms with E-state index in [1.165, 1.54) is 11.5 Å². The number of aryl methyl sites for hydroxylation is 1. The van der Waals surface area contributed by atoms with Crippen molar-refractivity contribution in [3.63, 3.8) is 0 Å².